The van der Waals surface area contributed by atoms with Gasteiger partial charge < -0.3 is 15.2 Å². The highest BCUT2D eigenvalue weighted by Crippen LogP contribution is 2.40. The van der Waals surface area contributed by atoms with Crippen molar-refractivity contribution in [2.24, 2.45) is 5.41 Å². The third kappa shape index (κ3) is 6.65. The van der Waals surface area contributed by atoms with Crippen molar-refractivity contribution >= 4 is 13.8 Å². The zero-order valence-electron chi connectivity index (χ0n) is 16.4. The fourth-order valence-corrected chi connectivity index (χ4v) is 2.96. The summed E-state index contributed by atoms with van der Waals surface area (Å²) >= 11 is 0. The summed E-state index contributed by atoms with van der Waals surface area (Å²) < 4.78 is 12.0. The van der Waals surface area contributed by atoms with Crippen LogP contribution in [0.1, 0.15) is 39.5 Å². The molecule has 2 N–H and O–H groups in total. The monoisotopic (exact) mass is 350 g/mol. The molecule has 0 fully saturated rings. The normalized spacial score (nSPS) is 13.6. The Morgan fingerprint density at radius 2 is 1.96 bits per heavy atom. The molecule has 5 heteroatoms. The molecule has 1 rings (SSSR count). The molecule has 4 nitrogen and oxygen atoms in total. The lowest BCUT2D eigenvalue weighted by atomic mass is 9.86. The summed E-state index contributed by atoms with van der Waals surface area (Å²) in [5.74, 6) is 0.644. The Morgan fingerprint density at radius 1 is 1.33 bits per heavy atom. The average molecular weight is 351 g/mol. The summed E-state index contributed by atoms with van der Waals surface area (Å²) in [6.45, 7) is 20.5. The first kappa shape index (κ1) is 20.7. The fraction of sp³-hybridized carbons (Fsp3) is 0.632. The molecule has 24 heavy (non-hydrogen) atoms. The largest absolute Gasteiger partial charge is 0.487 e. The predicted octanol–water partition coefficient (Wildman–Crippen LogP) is 5.06. The Labute approximate surface area is 148 Å². The van der Waals surface area contributed by atoms with Crippen LogP contribution in [0.15, 0.2) is 24.4 Å². The van der Waals surface area contributed by atoms with Crippen LogP contribution in [0.25, 0.3) is 0 Å². The second kappa shape index (κ2) is 8.16. The Morgan fingerprint density at radius 3 is 2.46 bits per heavy atom. The van der Waals surface area contributed by atoms with Crippen molar-refractivity contribution in [3.63, 3.8) is 0 Å². The molecule has 0 spiro atoms. The summed E-state index contributed by atoms with van der Waals surface area (Å²) in [5, 5.41) is 0. The molecule has 0 amide bonds. The molecule has 0 saturated carbocycles. The molecule has 0 saturated heterocycles. The molecule has 0 aliphatic heterocycles. The lowest BCUT2D eigenvalue weighted by Gasteiger charge is -2.32. The van der Waals surface area contributed by atoms with Gasteiger partial charge in [0.2, 0.25) is 0 Å². The number of anilines is 1. The second-order valence-electron chi connectivity index (χ2n) is 8.78. The number of hydrogen-bond donors (Lipinski definition) is 1. The highest BCUT2D eigenvalue weighted by molar-refractivity contribution is 6.76. The van der Waals surface area contributed by atoms with Crippen LogP contribution >= 0.6 is 0 Å². The number of nitrogens with two attached hydrogens (primary N) is 1. The average Bonchev–Trinajstić information content (AvgIpc) is 2.40. The summed E-state index contributed by atoms with van der Waals surface area (Å²) in [6, 6.07) is 2.91. The van der Waals surface area contributed by atoms with Crippen molar-refractivity contribution in [2.45, 2.75) is 59.5 Å². The SMILES string of the molecule is C=C(C)COc1ccnc(C(OCC[Si](C)(C)C)C(C)(C)C)c1N. The van der Waals surface area contributed by atoms with E-state index >= 15 is 0 Å². The minimum absolute atomic E-state index is 0.104. The number of nitrogen functional groups attached to an aromatic ring is 1. The molecular weight excluding hydrogens is 316 g/mol. The van der Waals surface area contributed by atoms with Crippen molar-refractivity contribution in [1.29, 1.82) is 0 Å². The number of nitrogens with zero attached hydrogens (tertiary/aromatic N) is 1. The highest BCUT2D eigenvalue weighted by atomic mass is 28.3. The minimum atomic E-state index is -1.14. The van der Waals surface area contributed by atoms with E-state index in [1.54, 1.807) is 12.3 Å². The van der Waals surface area contributed by atoms with Crippen LogP contribution in [-0.2, 0) is 4.74 Å². The van der Waals surface area contributed by atoms with E-state index in [4.69, 9.17) is 15.2 Å². The summed E-state index contributed by atoms with van der Waals surface area (Å²) in [5.41, 5.74) is 8.51. The number of rotatable bonds is 8. The van der Waals surface area contributed by atoms with Gasteiger partial charge in [-0.1, -0.05) is 47.0 Å². The van der Waals surface area contributed by atoms with Crippen molar-refractivity contribution < 1.29 is 9.47 Å². The summed E-state index contributed by atoms with van der Waals surface area (Å²) in [6.07, 6.45) is 1.57. The van der Waals surface area contributed by atoms with Gasteiger partial charge in [-0.3, -0.25) is 4.98 Å². The molecule has 0 bridgehead atoms. The first-order valence-corrected chi connectivity index (χ1v) is 12.3. The maximum atomic E-state index is 6.34. The lowest BCUT2D eigenvalue weighted by Crippen LogP contribution is -2.27. The van der Waals surface area contributed by atoms with Gasteiger partial charge in [0.05, 0.1) is 11.4 Å². The van der Waals surface area contributed by atoms with Crippen LogP contribution in [0.2, 0.25) is 25.7 Å². The van der Waals surface area contributed by atoms with Gasteiger partial charge in [-0.15, -0.1) is 0 Å². The first-order chi connectivity index (χ1) is 10.9. The number of pyridine rings is 1. The minimum Gasteiger partial charge on any atom is -0.487 e. The zero-order valence-corrected chi connectivity index (χ0v) is 17.4. The van der Waals surface area contributed by atoms with Crippen LogP contribution in [0.3, 0.4) is 0 Å². The topological polar surface area (TPSA) is 57.4 Å². The first-order valence-electron chi connectivity index (χ1n) is 8.55. The molecule has 1 aromatic rings. The van der Waals surface area contributed by atoms with Gasteiger partial charge in [0.15, 0.2) is 0 Å². The third-order valence-corrected chi connectivity index (χ3v) is 5.33. The summed E-state index contributed by atoms with van der Waals surface area (Å²) in [4.78, 5) is 4.51. The zero-order chi connectivity index (χ0) is 18.5. The Balaban J connectivity index is 3.02. The quantitative estimate of drug-likeness (QED) is 0.526. The third-order valence-electron chi connectivity index (χ3n) is 3.63. The standard InChI is InChI=1S/C19H34N2O2Si/c1-14(2)13-23-15-9-10-21-17(16(15)20)18(19(3,4)5)22-11-12-24(6,7)8/h9-10,18H,1,11-13,20H2,2-8H3. The number of ether oxygens (including phenoxy) is 2. The number of aromatic nitrogens is 1. The lowest BCUT2D eigenvalue weighted by molar-refractivity contribution is -0.0159. The Hall–Kier alpha value is -1.33. The van der Waals surface area contributed by atoms with Crippen molar-refractivity contribution in [2.75, 3.05) is 18.9 Å². The van der Waals surface area contributed by atoms with Gasteiger partial charge in [-0.2, -0.15) is 0 Å². The van der Waals surface area contributed by atoms with Gasteiger partial charge >= 0.3 is 0 Å². The molecule has 0 aliphatic carbocycles. The van der Waals surface area contributed by atoms with E-state index in [1.807, 2.05) is 6.92 Å². The Bertz CT molecular complexity index is 559. The van der Waals surface area contributed by atoms with E-state index in [9.17, 15) is 0 Å². The molecule has 0 aromatic carbocycles. The molecular formula is C19H34N2O2Si. The van der Waals surface area contributed by atoms with Gasteiger partial charge in [0, 0.05) is 26.9 Å². The molecule has 1 aromatic heterocycles. The molecule has 1 heterocycles. The molecule has 136 valence electrons. The summed E-state index contributed by atoms with van der Waals surface area (Å²) in [7, 11) is -1.14. The molecule has 0 radical (unpaired) electrons. The van der Waals surface area contributed by atoms with E-state index in [1.165, 1.54) is 0 Å². The van der Waals surface area contributed by atoms with Gasteiger partial charge in [0.1, 0.15) is 18.5 Å². The van der Waals surface area contributed by atoms with Gasteiger partial charge in [0.25, 0.3) is 0 Å². The van der Waals surface area contributed by atoms with E-state index in [0.29, 0.717) is 18.0 Å². The van der Waals surface area contributed by atoms with Crippen LogP contribution in [-0.4, -0.2) is 26.3 Å². The van der Waals surface area contributed by atoms with Crippen molar-refractivity contribution in [1.82, 2.24) is 4.98 Å². The fourth-order valence-electron chi connectivity index (χ4n) is 2.23. The molecule has 1 atom stereocenters. The van der Waals surface area contributed by atoms with E-state index < -0.39 is 8.07 Å². The van der Waals surface area contributed by atoms with Gasteiger partial charge in [-0.05, 0) is 24.0 Å². The Kier molecular flexibility index (Phi) is 7.05. The highest BCUT2D eigenvalue weighted by Gasteiger charge is 2.31. The predicted molar refractivity (Wildman–Crippen MR) is 105 cm³/mol. The van der Waals surface area contributed by atoms with Crippen molar-refractivity contribution in [3.05, 3.63) is 30.1 Å². The molecule has 0 aliphatic rings. The van der Waals surface area contributed by atoms with Gasteiger partial charge in [-0.25, -0.2) is 0 Å². The number of hydrogen-bond acceptors (Lipinski definition) is 4. The van der Waals surface area contributed by atoms with Crippen molar-refractivity contribution in [3.8, 4) is 5.75 Å². The van der Waals surface area contributed by atoms with Crippen LogP contribution in [0.5, 0.6) is 5.75 Å². The maximum absolute atomic E-state index is 6.34. The second-order valence-corrected chi connectivity index (χ2v) is 14.4. The van der Waals surface area contributed by atoms with E-state index in [0.717, 1.165) is 23.9 Å². The maximum Gasteiger partial charge on any atom is 0.146 e. The van der Waals surface area contributed by atoms with Crippen LogP contribution < -0.4 is 10.5 Å². The molecule has 1 unspecified atom stereocenters. The van der Waals surface area contributed by atoms with Crippen LogP contribution in [0.4, 0.5) is 5.69 Å². The van der Waals surface area contributed by atoms with E-state index in [2.05, 4.69) is 52.0 Å². The smallest absolute Gasteiger partial charge is 0.146 e. The van der Waals surface area contributed by atoms with Crippen LogP contribution in [0, 0.1) is 5.41 Å². The van der Waals surface area contributed by atoms with E-state index in [-0.39, 0.29) is 11.5 Å².